The summed E-state index contributed by atoms with van der Waals surface area (Å²) in [4.78, 5) is 13.6. The smallest absolute Gasteiger partial charge is 0.278 e. The number of methoxy groups -OCH3 is 1. The lowest BCUT2D eigenvalue weighted by Crippen LogP contribution is -1.88. The number of non-ortho nitro benzene ring substituents is 1. The minimum Gasteiger partial charge on any atom is -0.497 e. The Bertz CT molecular complexity index is 842. The number of rotatable bonds is 3. The highest BCUT2D eigenvalue weighted by molar-refractivity contribution is 5.93. The Morgan fingerprint density at radius 1 is 1.24 bits per heavy atom. The molecule has 0 aliphatic carbocycles. The second kappa shape index (κ2) is 4.90. The van der Waals surface area contributed by atoms with Crippen molar-refractivity contribution in [3.05, 3.63) is 58.4 Å². The SMILES string of the molecule is COc1ccc(F)c(-c2cc3c([N+](=O)[O-])cccc3[nH]2)c1. The summed E-state index contributed by atoms with van der Waals surface area (Å²) in [7, 11) is 1.49. The van der Waals surface area contributed by atoms with Gasteiger partial charge in [-0.2, -0.15) is 0 Å². The number of hydrogen-bond donors (Lipinski definition) is 1. The molecule has 106 valence electrons. The number of nitro groups is 1. The van der Waals surface area contributed by atoms with Crippen molar-refractivity contribution in [2.24, 2.45) is 0 Å². The maximum Gasteiger partial charge on any atom is 0.278 e. The summed E-state index contributed by atoms with van der Waals surface area (Å²) in [6.07, 6.45) is 0. The molecule has 3 aromatic rings. The van der Waals surface area contributed by atoms with Crippen LogP contribution in [0.1, 0.15) is 0 Å². The van der Waals surface area contributed by atoms with Crippen molar-refractivity contribution in [3.8, 4) is 17.0 Å². The third-order valence-electron chi connectivity index (χ3n) is 3.30. The van der Waals surface area contributed by atoms with E-state index in [1.165, 1.54) is 25.3 Å². The Morgan fingerprint density at radius 2 is 2.05 bits per heavy atom. The van der Waals surface area contributed by atoms with Gasteiger partial charge in [-0.05, 0) is 30.3 Å². The zero-order chi connectivity index (χ0) is 15.0. The normalized spacial score (nSPS) is 10.8. The largest absolute Gasteiger partial charge is 0.497 e. The fourth-order valence-corrected chi connectivity index (χ4v) is 2.28. The van der Waals surface area contributed by atoms with Crippen LogP contribution in [-0.2, 0) is 0 Å². The lowest BCUT2D eigenvalue weighted by molar-refractivity contribution is -0.383. The molecule has 0 atom stereocenters. The van der Waals surface area contributed by atoms with Crippen LogP contribution in [0, 0.1) is 15.9 Å². The van der Waals surface area contributed by atoms with E-state index in [0.717, 1.165) is 0 Å². The van der Waals surface area contributed by atoms with Gasteiger partial charge in [0.05, 0.1) is 22.9 Å². The zero-order valence-electron chi connectivity index (χ0n) is 11.1. The molecule has 0 amide bonds. The number of hydrogen-bond acceptors (Lipinski definition) is 3. The van der Waals surface area contributed by atoms with Gasteiger partial charge in [-0.15, -0.1) is 0 Å². The molecule has 0 radical (unpaired) electrons. The van der Waals surface area contributed by atoms with Gasteiger partial charge in [-0.25, -0.2) is 4.39 Å². The van der Waals surface area contributed by atoms with Crippen molar-refractivity contribution in [2.75, 3.05) is 7.11 Å². The van der Waals surface area contributed by atoms with E-state index in [4.69, 9.17) is 4.74 Å². The summed E-state index contributed by atoms with van der Waals surface area (Å²) in [5.41, 5.74) is 1.34. The number of H-pyrrole nitrogens is 1. The number of benzene rings is 2. The summed E-state index contributed by atoms with van der Waals surface area (Å²) in [5, 5.41) is 11.5. The topological polar surface area (TPSA) is 68.2 Å². The summed E-state index contributed by atoms with van der Waals surface area (Å²) in [5.74, 6) is 0.0876. The summed E-state index contributed by atoms with van der Waals surface area (Å²) in [6.45, 7) is 0. The zero-order valence-corrected chi connectivity index (χ0v) is 11.1. The molecule has 0 saturated carbocycles. The molecule has 3 rings (SSSR count). The predicted octanol–water partition coefficient (Wildman–Crippen LogP) is 3.89. The van der Waals surface area contributed by atoms with Crippen molar-refractivity contribution in [2.45, 2.75) is 0 Å². The fraction of sp³-hybridized carbons (Fsp3) is 0.0667. The number of nitrogens with zero attached hydrogens (tertiary/aromatic N) is 1. The van der Waals surface area contributed by atoms with Crippen molar-refractivity contribution in [1.29, 1.82) is 0 Å². The van der Waals surface area contributed by atoms with Crippen LogP contribution in [0.4, 0.5) is 10.1 Å². The fourth-order valence-electron chi connectivity index (χ4n) is 2.28. The number of nitro benzene ring substituents is 1. The first-order chi connectivity index (χ1) is 10.1. The first-order valence-corrected chi connectivity index (χ1v) is 6.20. The molecule has 0 bridgehead atoms. The molecule has 0 aliphatic rings. The van der Waals surface area contributed by atoms with Gasteiger partial charge in [-0.3, -0.25) is 10.1 Å². The van der Waals surface area contributed by atoms with Crippen LogP contribution in [0.15, 0.2) is 42.5 Å². The van der Waals surface area contributed by atoms with Crippen LogP contribution >= 0.6 is 0 Å². The van der Waals surface area contributed by atoms with Gasteiger partial charge in [0.2, 0.25) is 0 Å². The predicted molar refractivity (Wildman–Crippen MR) is 76.9 cm³/mol. The third-order valence-corrected chi connectivity index (χ3v) is 3.30. The Labute approximate surface area is 119 Å². The van der Waals surface area contributed by atoms with Gasteiger partial charge < -0.3 is 9.72 Å². The molecule has 5 nitrogen and oxygen atoms in total. The van der Waals surface area contributed by atoms with Gasteiger partial charge in [0.15, 0.2) is 0 Å². The van der Waals surface area contributed by atoms with Gasteiger partial charge in [-0.1, -0.05) is 6.07 Å². The maximum atomic E-state index is 14.0. The van der Waals surface area contributed by atoms with Gasteiger partial charge in [0.25, 0.3) is 5.69 Å². The molecule has 1 N–H and O–H groups in total. The third kappa shape index (κ3) is 2.20. The minimum absolute atomic E-state index is 0.0155. The van der Waals surface area contributed by atoms with E-state index >= 15 is 0 Å². The molecule has 1 aromatic heterocycles. The van der Waals surface area contributed by atoms with Crippen molar-refractivity contribution in [3.63, 3.8) is 0 Å². The van der Waals surface area contributed by atoms with E-state index in [2.05, 4.69) is 4.98 Å². The number of aromatic nitrogens is 1. The van der Waals surface area contributed by atoms with Crippen LogP contribution in [-0.4, -0.2) is 17.0 Å². The highest BCUT2D eigenvalue weighted by Gasteiger charge is 2.16. The maximum absolute atomic E-state index is 14.0. The lowest BCUT2D eigenvalue weighted by Gasteiger charge is -2.04. The summed E-state index contributed by atoms with van der Waals surface area (Å²) in [6, 6.07) is 10.7. The first-order valence-electron chi connectivity index (χ1n) is 6.20. The Kier molecular flexibility index (Phi) is 3.06. The molecular formula is C15H11FN2O3. The first kappa shape index (κ1) is 13.1. The quantitative estimate of drug-likeness (QED) is 0.586. The van der Waals surface area contributed by atoms with E-state index in [1.54, 1.807) is 24.3 Å². The van der Waals surface area contributed by atoms with E-state index < -0.39 is 10.7 Å². The second-order valence-electron chi connectivity index (χ2n) is 4.52. The van der Waals surface area contributed by atoms with Gasteiger partial charge >= 0.3 is 0 Å². The molecule has 21 heavy (non-hydrogen) atoms. The Morgan fingerprint density at radius 3 is 2.76 bits per heavy atom. The summed E-state index contributed by atoms with van der Waals surface area (Å²) >= 11 is 0. The van der Waals surface area contributed by atoms with Crippen molar-refractivity contribution >= 4 is 16.6 Å². The molecule has 0 unspecified atom stereocenters. The average Bonchev–Trinajstić information content (AvgIpc) is 2.91. The van der Waals surface area contributed by atoms with E-state index in [1.807, 2.05) is 0 Å². The van der Waals surface area contributed by atoms with E-state index in [9.17, 15) is 14.5 Å². The highest BCUT2D eigenvalue weighted by Crippen LogP contribution is 2.32. The van der Waals surface area contributed by atoms with Gasteiger partial charge in [0, 0.05) is 17.3 Å². The standard InChI is InChI=1S/C15H11FN2O3/c1-21-9-5-6-12(16)10(7-9)14-8-11-13(17-14)3-2-4-15(11)18(19)20/h2-8,17H,1H3. The average molecular weight is 286 g/mol. The van der Waals surface area contributed by atoms with Crippen LogP contribution < -0.4 is 4.74 Å². The molecular weight excluding hydrogens is 275 g/mol. The van der Waals surface area contributed by atoms with Crippen LogP contribution in [0.3, 0.4) is 0 Å². The van der Waals surface area contributed by atoms with Crippen LogP contribution in [0.5, 0.6) is 5.75 Å². The van der Waals surface area contributed by atoms with Gasteiger partial charge in [0.1, 0.15) is 11.6 Å². The molecule has 6 heteroatoms. The molecule has 2 aromatic carbocycles. The van der Waals surface area contributed by atoms with Crippen molar-refractivity contribution < 1.29 is 14.1 Å². The lowest BCUT2D eigenvalue weighted by atomic mass is 10.1. The molecule has 0 saturated heterocycles. The molecule has 1 heterocycles. The number of fused-ring (bicyclic) bond motifs is 1. The molecule has 0 aliphatic heterocycles. The number of nitrogens with one attached hydrogen (secondary N) is 1. The molecule has 0 spiro atoms. The number of ether oxygens (including phenoxy) is 1. The monoisotopic (exact) mass is 286 g/mol. The Balaban J connectivity index is 2.22. The number of aromatic amines is 1. The minimum atomic E-state index is -0.456. The van der Waals surface area contributed by atoms with Crippen LogP contribution in [0.2, 0.25) is 0 Å². The Hall–Kier alpha value is -2.89. The van der Waals surface area contributed by atoms with E-state index in [0.29, 0.717) is 27.9 Å². The van der Waals surface area contributed by atoms with E-state index in [-0.39, 0.29) is 5.69 Å². The van der Waals surface area contributed by atoms with Crippen molar-refractivity contribution in [1.82, 2.24) is 4.98 Å². The summed E-state index contributed by atoms with van der Waals surface area (Å²) < 4.78 is 19.0. The molecule has 0 fully saturated rings. The number of halogens is 1. The van der Waals surface area contributed by atoms with Crippen LogP contribution in [0.25, 0.3) is 22.2 Å². The second-order valence-corrected chi connectivity index (χ2v) is 4.52. The highest BCUT2D eigenvalue weighted by atomic mass is 19.1.